The van der Waals surface area contributed by atoms with E-state index in [0.717, 1.165) is 16.9 Å². The number of benzene rings is 3. The van der Waals surface area contributed by atoms with Crippen LogP contribution in [-0.4, -0.2) is 27.9 Å². The SMILES string of the molecule is O=C(Cn1c(CCNC(=O)c2ccccc2)nc2ccccc21)Nc1ccc(Cl)cc1. The van der Waals surface area contributed by atoms with Gasteiger partial charge < -0.3 is 15.2 Å². The van der Waals surface area contributed by atoms with Gasteiger partial charge in [-0.25, -0.2) is 4.98 Å². The molecule has 0 fully saturated rings. The van der Waals surface area contributed by atoms with Gasteiger partial charge >= 0.3 is 0 Å². The topological polar surface area (TPSA) is 76.0 Å². The fourth-order valence-electron chi connectivity index (χ4n) is 3.35. The van der Waals surface area contributed by atoms with Crippen LogP contribution in [0.3, 0.4) is 0 Å². The highest BCUT2D eigenvalue weighted by Gasteiger charge is 2.14. The van der Waals surface area contributed by atoms with Crippen molar-refractivity contribution in [1.82, 2.24) is 14.9 Å². The van der Waals surface area contributed by atoms with Gasteiger partial charge in [0.15, 0.2) is 0 Å². The van der Waals surface area contributed by atoms with Gasteiger partial charge in [0.05, 0.1) is 11.0 Å². The first-order valence-electron chi connectivity index (χ1n) is 9.93. The van der Waals surface area contributed by atoms with E-state index in [1.165, 1.54) is 0 Å². The second kappa shape index (κ2) is 9.45. The largest absolute Gasteiger partial charge is 0.352 e. The summed E-state index contributed by atoms with van der Waals surface area (Å²) in [5.41, 5.74) is 2.97. The van der Waals surface area contributed by atoms with Gasteiger partial charge in [0.25, 0.3) is 5.91 Å². The standard InChI is InChI=1S/C24H21ClN4O2/c25-18-10-12-19(13-11-18)27-23(30)16-29-21-9-5-4-8-20(21)28-22(29)14-15-26-24(31)17-6-2-1-3-7-17/h1-13H,14-16H2,(H,26,31)(H,27,30). The van der Waals surface area contributed by atoms with Crippen LogP contribution in [0, 0.1) is 0 Å². The van der Waals surface area contributed by atoms with Crippen LogP contribution in [0.1, 0.15) is 16.2 Å². The highest BCUT2D eigenvalue weighted by Crippen LogP contribution is 2.18. The molecule has 2 N–H and O–H groups in total. The van der Waals surface area contributed by atoms with E-state index >= 15 is 0 Å². The minimum Gasteiger partial charge on any atom is -0.352 e. The molecule has 3 aromatic carbocycles. The molecule has 0 aliphatic rings. The van der Waals surface area contributed by atoms with E-state index in [0.29, 0.717) is 29.2 Å². The molecule has 4 aromatic rings. The van der Waals surface area contributed by atoms with Gasteiger partial charge in [-0.05, 0) is 48.5 Å². The van der Waals surface area contributed by atoms with E-state index in [1.807, 2.05) is 47.0 Å². The number of halogens is 1. The number of rotatable bonds is 7. The lowest BCUT2D eigenvalue weighted by Crippen LogP contribution is -2.27. The Morgan fingerprint density at radius 3 is 2.39 bits per heavy atom. The summed E-state index contributed by atoms with van der Waals surface area (Å²) in [5.74, 6) is 0.435. The average Bonchev–Trinajstić information content (AvgIpc) is 3.13. The number of amides is 2. The number of carbonyl (C=O) groups is 2. The maximum Gasteiger partial charge on any atom is 0.251 e. The van der Waals surface area contributed by atoms with E-state index in [4.69, 9.17) is 11.6 Å². The number of fused-ring (bicyclic) bond motifs is 1. The molecule has 0 unspecified atom stereocenters. The molecular weight excluding hydrogens is 412 g/mol. The summed E-state index contributed by atoms with van der Waals surface area (Å²) in [6, 6.07) is 23.7. The zero-order valence-corrected chi connectivity index (χ0v) is 17.5. The first-order valence-corrected chi connectivity index (χ1v) is 10.3. The molecule has 0 radical (unpaired) electrons. The molecule has 0 bridgehead atoms. The molecule has 0 saturated heterocycles. The molecule has 2 amide bonds. The van der Waals surface area contributed by atoms with Crippen molar-refractivity contribution >= 4 is 40.1 Å². The van der Waals surface area contributed by atoms with Crippen LogP contribution in [0.2, 0.25) is 5.02 Å². The quantitative estimate of drug-likeness (QED) is 0.457. The van der Waals surface area contributed by atoms with Crippen molar-refractivity contribution in [3.8, 4) is 0 Å². The molecule has 156 valence electrons. The number of carbonyl (C=O) groups excluding carboxylic acids is 2. The van der Waals surface area contributed by atoms with Crippen molar-refractivity contribution in [2.45, 2.75) is 13.0 Å². The highest BCUT2D eigenvalue weighted by molar-refractivity contribution is 6.30. The van der Waals surface area contributed by atoms with E-state index < -0.39 is 0 Å². The van der Waals surface area contributed by atoms with E-state index in [2.05, 4.69) is 15.6 Å². The van der Waals surface area contributed by atoms with Gasteiger partial charge in [-0.15, -0.1) is 0 Å². The number of para-hydroxylation sites is 2. The van der Waals surface area contributed by atoms with Gasteiger partial charge in [0.1, 0.15) is 12.4 Å². The van der Waals surface area contributed by atoms with E-state index in [9.17, 15) is 9.59 Å². The van der Waals surface area contributed by atoms with Gasteiger partial charge in [0, 0.05) is 29.2 Å². The Kier molecular flexibility index (Phi) is 6.29. The molecule has 7 heteroatoms. The molecule has 31 heavy (non-hydrogen) atoms. The van der Waals surface area contributed by atoms with Crippen molar-refractivity contribution in [3.05, 3.63) is 95.3 Å². The number of anilines is 1. The average molecular weight is 433 g/mol. The smallest absolute Gasteiger partial charge is 0.251 e. The molecular formula is C24H21ClN4O2. The molecule has 0 aliphatic carbocycles. The third kappa shape index (κ3) is 5.10. The molecule has 4 rings (SSSR count). The third-order valence-electron chi connectivity index (χ3n) is 4.83. The van der Waals surface area contributed by atoms with E-state index in [-0.39, 0.29) is 18.4 Å². The minimum atomic E-state index is -0.167. The van der Waals surface area contributed by atoms with Crippen LogP contribution in [0.15, 0.2) is 78.9 Å². The molecule has 0 aliphatic heterocycles. The summed E-state index contributed by atoms with van der Waals surface area (Å²) in [6.07, 6.45) is 0.501. The van der Waals surface area contributed by atoms with Crippen LogP contribution < -0.4 is 10.6 Å². The molecule has 0 atom stereocenters. The minimum absolute atomic E-state index is 0.116. The number of imidazole rings is 1. The second-order valence-corrected chi connectivity index (χ2v) is 7.47. The normalized spacial score (nSPS) is 10.7. The Bertz CT molecular complexity index is 1200. The van der Waals surface area contributed by atoms with Crippen LogP contribution in [-0.2, 0) is 17.8 Å². The van der Waals surface area contributed by atoms with Gasteiger partial charge in [0.2, 0.25) is 5.91 Å². The third-order valence-corrected chi connectivity index (χ3v) is 5.09. The maximum atomic E-state index is 12.7. The fraction of sp³-hybridized carbons (Fsp3) is 0.125. The predicted octanol–water partition coefficient (Wildman–Crippen LogP) is 4.30. The summed E-state index contributed by atoms with van der Waals surface area (Å²) in [6.45, 7) is 0.529. The number of hydrogen-bond donors (Lipinski definition) is 2. The van der Waals surface area contributed by atoms with E-state index in [1.54, 1.807) is 36.4 Å². The highest BCUT2D eigenvalue weighted by atomic mass is 35.5. The number of nitrogens with zero attached hydrogens (tertiary/aromatic N) is 2. The van der Waals surface area contributed by atoms with Crippen molar-refractivity contribution in [1.29, 1.82) is 0 Å². The summed E-state index contributed by atoms with van der Waals surface area (Å²) >= 11 is 5.90. The van der Waals surface area contributed by atoms with Crippen LogP contribution in [0.4, 0.5) is 5.69 Å². The first kappa shape index (κ1) is 20.6. The van der Waals surface area contributed by atoms with Crippen molar-refractivity contribution in [2.75, 3.05) is 11.9 Å². The van der Waals surface area contributed by atoms with Crippen LogP contribution in [0.25, 0.3) is 11.0 Å². The Morgan fingerprint density at radius 2 is 1.61 bits per heavy atom. The summed E-state index contributed by atoms with van der Waals surface area (Å²) < 4.78 is 1.88. The second-order valence-electron chi connectivity index (χ2n) is 7.03. The van der Waals surface area contributed by atoms with Crippen LogP contribution >= 0.6 is 11.6 Å². The Hall–Kier alpha value is -3.64. The predicted molar refractivity (Wildman–Crippen MR) is 122 cm³/mol. The van der Waals surface area contributed by atoms with Crippen LogP contribution in [0.5, 0.6) is 0 Å². The zero-order valence-electron chi connectivity index (χ0n) is 16.7. The molecule has 1 heterocycles. The number of aromatic nitrogens is 2. The summed E-state index contributed by atoms with van der Waals surface area (Å²) in [5, 5.41) is 6.40. The van der Waals surface area contributed by atoms with Gasteiger partial charge in [-0.2, -0.15) is 0 Å². The van der Waals surface area contributed by atoms with Crippen molar-refractivity contribution in [3.63, 3.8) is 0 Å². The Balaban J connectivity index is 1.47. The molecule has 0 spiro atoms. The lowest BCUT2D eigenvalue weighted by molar-refractivity contribution is -0.116. The monoisotopic (exact) mass is 432 g/mol. The van der Waals surface area contributed by atoms with Crippen molar-refractivity contribution in [2.24, 2.45) is 0 Å². The number of hydrogen-bond acceptors (Lipinski definition) is 3. The summed E-state index contributed by atoms with van der Waals surface area (Å²) in [7, 11) is 0. The maximum absolute atomic E-state index is 12.7. The lowest BCUT2D eigenvalue weighted by Gasteiger charge is -2.11. The Labute approximate surface area is 184 Å². The summed E-state index contributed by atoms with van der Waals surface area (Å²) in [4.78, 5) is 29.6. The Morgan fingerprint density at radius 1 is 0.903 bits per heavy atom. The number of nitrogens with one attached hydrogen (secondary N) is 2. The zero-order chi connectivity index (χ0) is 21.6. The van der Waals surface area contributed by atoms with Gasteiger partial charge in [-0.1, -0.05) is 41.9 Å². The van der Waals surface area contributed by atoms with Crippen molar-refractivity contribution < 1.29 is 9.59 Å². The van der Waals surface area contributed by atoms with Gasteiger partial charge in [-0.3, -0.25) is 9.59 Å². The fourth-order valence-corrected chi connectivity index (χ4v) is 3.48. The molecule has 6 nitrogen and oxygen atoms in total. The molecule has 0 saturated carbocycles. The molecule has 1 aromatic heterocycles. The lowest BCUT2D eigenvalue weighted by atomic mass is 10.2. The first-order chi connectivity index (χ1) is 15.1.